The van der Waals surface area contributed by atoms with E-state index in [0.29, 0.717) is 24.0 Å². The second-order valence-electron chi connectivity index (χ2n) is 4.26. The van der Waals surface area contributed by atoms with Gasteiger partial charge in [-0.1, -0.05) is 13.8 Å². The summed E-state index contributed by atoms with van der Waals surface area (Å²) in [7, 11) is 0. The molecule has 0 saturated carbocycles. The lowest BCUT2D eigenvalue weighted by molar-refractivity contribution is 0.0946. The van der Waals surface area contributed by atoms with Crippen molar-refractivity contribution in [1.29, 1.82) is 0 Å². The average Bonchev–Trinajstić information content (AvgIpc) is 2.30. The zero-order chi connectivity index (χ0) is 12.7. The summed E-state index contributed by atoms with van der Waals surface area (Å²) < 4.78 is 0. The van der Waals surface area contributed by atoms with Crippen LogP contribution in [-0.4, -0.2) is 29.0 Å². The van der Waals surface area contributed by atoms with E-state index < -0.39 is 0 Å². The number of hydrogen-bond donors (Lipinski definition) is 2. The Bertz CT molecular complexity index is 348. The van der Waals surface area contributed by atoms with Gasteiger partial charge >= 0.3 is 0 Å². The molecule has 2 N–H and O–H groups in total. The molecule has 0 aliphatic carbocycles. The second-order valence-corrected chi connectivity index (χ2v) is 4.26. The predicted molar refractivity (Wildman–Crippen MR) is 68.0 cm³/mol. The molecule has 1 amide bonds. The van der Waals surface area contributed by atoms with Crippen LogP contribution >= 0.6 is 0 Å². The summed E-state index contributed by atoms with van der Waals surface area (Å²) in [6, 6.07) is 0. The molecule has 5 heteroatoms. The molecule has 0 fully saturated rings. The van der Waals surface area contributed by atoms with Gasteiger partial charge in [0.1, 0.15) is 11.5 Å². The first-order chi connectivity index (χ1) is 8.13. The van der Waals surface area contributed by atoms with Crippen molar-refractivity contribution in [3.63, 3.8) is 0 Å². The third-order valence-electron chi connectivity index (χ3n) is 2.25. The highest BCUT2D eigenvalue weighted by Gasteiger charge is 2.07. The molecule has 1 aromatic rings. The van der Waals surface area contributed by atoms with Crippen molar-refractivity contribution in [3.05, 3.63) is 18.1 Å². The number of rotatable bonds is 6. The van der Waals surface area contributed by atoms with Gasteiger partial charge in [-0.05, 0) is 19.3 Å². The zero-order valence-electron chi connectivity index (χ0n) is 10.7. The highest BCUT2D eigenvalue weighted by atomic mass is 16.1. The first kappa shape index (κ1) is 13.4. The van der Waals surface area contributed by atoms with Crippen LogP contribution in [0, 0.1) is 5.92 Å². The average molecular weight is 236 g/mol. The van der Waals surface area contributed by atoms with Gasteiger partial charge in [0.2, 0.25) is 0 Å². The molecule has 5 nitrogen and oxygen atoms in total. The maximum absolute atomic E-state index is 11.7. The molecular formula is C12H20N4O. The lowest BCUT2D eigenvalue weighted by Gasteiger charge is -2.07. The van der Waals surface area contributed by atoms with Crippen LogP contribution in [-0.2, 0) is 0 Å². The topological polar surface area (TPSA) is 66.9 Å². The van der Waals surface area contributed by atoms with Crippen molar-refractivity contribution < 1.29 is 4.79 Å². The van der Waals surface area contributed by atoms with Crippen molar-refractivity contribution in [2.24, 2.45) is 5.92 Å². The Morgan fingerprint density at radius 3 is 2.65 bits per heavy atom. The summed E-state index contributed by atoms with van der Waals surface area (Å²) in [5, 5.41) is 5.85. The smallest absolute Gasteiger partial charge is 0.271 e. The first-order valence-corrected chi connectivity index (χ1v) is 5.97. The maximum Gasteiger partial charge on any atom is 0.271 e. The summed E-state index contributed by atoms with van der Waals surface area (Å²) in [5.41, 5.74) is 0.357. The van der Waals surface area contributed by atoms with Crippen LogP contribution in [0.5, 0.6) is 0 Å². The second kappa shape index (κ2) is 6.83. The Labute approximate surface area is 102 Å². The van der Waals surface area contributed by atoms with Gasteiger partial charge < -0.3 is 10.6 Å². The molecule has 0 aromatic carbocycles. The Kier molecular flexibility index (Phi) is 5.39. The highest BCUT2D eigenvalue weighted by molar-refractivity contribution is 5.91. The number of carbonyl (C=O) groups is 1. The van der Waals surface area contributed by atoms with Crippen LogP contribution < -0.4 is 10.6 Å². The molecule has 1 rings (SSSR count). The number of hydrogen-bond acceptors (Lipinski definition) is 4. The van der Waals surface area contributed by atoms with Crippen molar-refractivity contribution >= 4 is 11.7 Å². The Morgan fingerprint density at radius 2 is 2.12 bits per heavy atom. The molecular weight excluding hydrogens is 216 g/mol. The van der Waals surface area contributed by atoms with E-state index in [4.69, 9.17) is 0 Å². The van der Waals surface area contributed by atoms with Gasteiger partial charge in [-0.25, -0.2) is 9.97 Å². The zero-order valence-corrected chi connectivity index (χ0v) is 10.7. The number of amides is 1. The van der Waals surface area contributed by atoms with Crippen LogP contribution in [0.4, 0.5) is 5.82 Å². The van der Waals surface area contributed by atoms with E-state index in [-0.39, 0.29) is 5.91 Å². The molecule has 0 saturated heterocycles. The molecule has 0 aliphatic heterocycles. The minimum absolute atomic E-state index is 0.166. The Morgan fingerprint density at radius 1 is 1.35 bits per heavy atom. The van der Waals surface area contributed by atoms with Crippen LogP contribution in [0.25, 0.3) is 0 Å². The minimum atomic E-state index is -0.166. The van der Waals surface area contributed by atoms with E-state index in [1.807, 2.05) is 6.92 Å². The predicted octanol–water partition coefficient (Wildman–Crippen LogP) is 1.68. The lowest BCUT2D eigenvalue weighted by Crippen LogP contribution is -2.26. The standard InChI is InChI=1S/C12H20N4O/c1-4-13-11-8-15-10(7-16-11)12(17)14-6-5-9(2)3/h7-9H,4-6H2,1-3H3,(H,13,16)(H,14,17). The van der Waals surface area contributed by atoms with E-state index in [0.717, 1.165) is 13.0 Å². The fraction of sp³-hybridized carbons (Fsp3) is 0.583. The molecule has 0 spiro atoms. The summed E-state index contributed by atoms with van der Waals surface area (Å²) >= 11 is 0. The molecule has 94 valence electrons. The van der Waals surface area contributed by atoms with E-state index >= 15 is 0 Å². The van der Waals surface area contributed by atoms with Crippen LogP contribution in [0.2, 0.25) is 0 Å². The summed E-state index contributed by atoms with van der Waals surface area (Å²) in [5.74, 6) is 1.10. The number of nitrogens with zero attached hydrogens (tertiary/aromatic N) is 2. The fourth-order valence-electron chi connectivity index (χ4n) is 1.28. The number of aromatic nitrogens is 2. The van der Waals surface area contributed by atoms with Gasteiger partial charge in [-0.3, -0.25) is 4.79 Å². The third kappa shape index (κ3) is 4.80. The highest BCUT2D eigenvalue weighted by Crippen LogP contribution is 2.01. The van der Waals surface area contributed by atoms with E-state index in [1.54, 1.807) is 6.20 Å². The normalized spacial score (nSPS) is 10.4. The molecule has 0 atom stereocenters. The monoisotopic (exact) mass is 236 g/mol. The maximum atomic E-state index is 11.7. The summed E-state index contributed by atoms with van der Waals surface area (Å²) in [6.07, 6.45) is 4.03. The van der Waals surface area contributed by atoms with Gasteiger partial charge in [-0.15, -0.1) is 0 Å². The fourth-order valence-corrected chi connectivity index (χ4v) is 1.28. The van der Waals surface area contributed by atoms with Gasteiger partial charge in [0.25, 0.3) is 5.91 Å². The van der Waals surface area contributed by atoms with Crippen LogP contribution in [0.3, 0.4) is 0 Å². The van der Waals surface area contributed by atoms with Crippen LogP contribution in [0.1, 0.15) is 37.7 Å². The molecule has 0 radical (unpaired) electrons. The van der Waals surface area contributed by atoms with Crippen molar-refractivity contribution in [3.8, 4) is 0 Å². The Hall–Kier alpha value is -1.65. The number of nitrogens with one attached hydrogen (secondary N) is 2. The van der Waals surface area contributed by atoms with Crippen LogP contribution in [0.15, 0.2) is 12.4 Å². The van der Waals surface area contributed by atoms with E-state index in [9.17, 15) is 4.79 Å². The molecule has 1 heterocycles. The molecule has 0 unspecified atom stereocenters. The lowest BCUT2D eigenvalue weighted by atomic mass is 10.1. The van der Waals surface area contributed by atoms with E-state index in [2.05, 4.69) is 34.4 Å². The largest absolute Gasteiger partial charge is 0.369 e. The molecule has 0 aliphatic rings. The molecule has 1 aromatic heterocycles. The van der Waals surface area contributed by atoms with Gasteiger partial charge in [0, 0.05) is 13.1 Å². The summed E-state index contributed by atoms with van der Waals surface area (Å²) in [6.45, 7) is 7.68. The van der Waals surface area contributed by atoms with Gasteiger partial charge in [0.05, 0.1) is 12.4 Å². The summed E-state index contributed by atoms with van der Waals surface area (Å²) in [4.78, 5) is 19.8. The van der Waals surface area contributed by atoms with Crippen molar-refractivity contribution in [1.82, 2.24) is 15.3 Å². The molecule has 0 bridgehead atoms. The SMILES string of the molecule is CCNc1cnc(C(=O)NCCC(C)C)cn1. The van der Waals surface area contributed by atoms with Gasteiger partial charge in [-0.2, -0.15) is 0 Å². The van der Waals surface area contributed by atoms with Crippen molar-refractivity contribution in [2.75, 3.05) is 18.4 Å². The first-order valence-electron chi connectivity index (χ1n) is 5.97. The minimum Gasteiger partial charge on any atom is -0.369 e. The van der Waals surface area contributed by atoms with E-state index in [1.165, 1.54) is 6.20 Å². The quantitative estimate of drug-likeness (QED) is 0.788. The third-order valence-corrected chi connectivity index (χ3v) is 2.25. The number of carbonyl (C=O) groups excluding carboxylic acids is 1. The Balaban J connectivity index is 2.46. The van der Waals surface area contributed by atoms with Gasteiger partial charge in [0.15, 0.2) is 0 Å². The number of anilines is 1. The van der Waals surface area contributed by atoms with Crippen molar-refractivity contribution in [2.45, 2.75) is 27.2 Å². The molecule has 17 heavy (non-hydrogen) atoms.